The summed E-state index contributed by atoms with van der Waals surface area (Å²) >= 11 is 0. The Labute approximate surface area is 315 Å². The van der Waals surface area contributed by atoms with Gasteiger partial charge in [0.05, 0.1) is 16.8 Å². The standard InChI is InChI=1S/C51H35N3/c1-34-53-48(38-26-24-36(25-27-38)43-20-10-13-35-12-5-6-18-42(35)43)33-49(54-34)39-14-9-17-41(32-39)51(40-15-3-2-4-16-40)46-22-8-7-19-45(46)50-44(21-11-23-47(50)51)37-28-30-52-31-29-37/h2-33H,1H3. The van der Waals surface area contributed by atoms with Crippen molar-refractivity contribution in [2.24, 2.45) is 0 Å². The molecule has 1 aliphatic rings. The Kier molecular flexibility index (Phi) is 7.59. The van der Waals surface area contributed by atoms with Crippen LogP contribution in [0.25, 0.3) is 66.7 Å². The first-order valence-corrected chi connectivity index (χ1v) is 18.4. The molecule has 7 aromatic carbocycles. The van der Waals surface area contributed by atoms with E-state index >= 15 is 0 Å². The van der Waals surface area contributed by atoms with Crippen LogP contribution in [0.15, 0.2) is 194 Å². The summed E-state index contributed by atoms with van der Waals surface area (Å²) in [5, 5.41) is 2.49. The molecule has 2 heterocycles. The average molecular weight is 690 g/mol. The second-order valence-corrected chi connectivity index (χ2v) is 14.0. The molecule has 0 spiro atoms. The predicted octanol–water partition coefficient (Wildman–Crippen LogP) is 12.4. The number of benzene rings is 7. The van der Waals surface area contributed by atoms with Crippen LogP contribution in [-0.2, 0) is 5.41 Å². The molecule has 0 radical (unpaired) electrons. The van der Waals surface area contributed by atoms with Gasteiger partial charge in [0, 0.05) is 23.5 Å². The van der Waals surface area contributed by atoms with Gasteiger partial charge < -0.3 is 0 Å². The SMILES string of the molecule is Cc1nc(-c2ccc(-c3cccc4ccccc34)cc2)cc(-c2cccc(C3(c4ccccc4)c4ccccc4-c4c(-c5ccncc5)cccc43)c2)n1. The van der Waals surface area contributed by atoms with Crippen LogP contribution in [0, 0.1) is 6.92 Å². The molecule has 0 saturated heterocycles. The van der Waals surface area contributed by atoms with Gasteiger partial charge in [-0.15, -0.1) is 0 Å². The third-order valence-electron chi connectivity index (χ3n) is 11.0. The Bertz CT molecular complexity index is 2820. The molecule has 254 valence electrons. The van der Waals surface area contributed by atoms with Crippen molar-refractivity contribution < 1.29 is 0 Å². The molecule has 1 aliphatic carbocycles. The monoisotopic (exact) mass is 689 g/mol. The number of nitrogens with zero attached hydrogens (tertiary/aromatic N) is 3. The van der Waals surface area contributed by atoms with Crippen LogP contribution in [0.5, 0.6) is 0 Å². The smallest absolute Gasteiger partial charge is 0.126 e. The summed E-state index contributed by atoms with van der Waals surface area (Å²) in [4.78, 5) is 14.3. The molecule has 1 atom stereocenters. The van der Waals surface area contributed by atoms with Gasteiger partial charge in [-0.05, 0) is 97.6 Å². The lowest BCUT2D eigenvalue weighted by atomic mass is 9.67. The van der Waals surface area contributed by atoms with Crippen molar-refractivity contribution in [1.82, 2.24) is 15.0 Å². The first kappa shape index (κ1) is 31.7. The van der Waals surface area contributed by atoms with Gasteiger partial charge >= 0.3 is 0 Å². The molecule has 54 heavy (non-hydrogen) atoms. The summed E-state index contributed by atoms with van der Waals surface area (Å²) in [7, 11) is 0. The Morgan fingerprint density at radius 3 is 1.85 bits per heavy atom. The predicted molar refractivity (Wildman–Crippen MR) is 221 cm³/mol. The second kappa shape index (κ2) is 12.9. The van der Waals surface area contributed by atoms with E-state index in [9.17, 15) is 0 Å². The van der Waals surface area contributed by atoms with E-state index in [-0.39, 0.29) is 0 Å². The maximum absolute atomic E-state index is 5.02. The summed E-state index contributed by atoms with van der Waals surface area (Å²) < 4.78 is 0. The molecule has 1 unspecified atom stereocenters. The number of aromatic nitrogens is 3. The third kappa shape index (κ3) is 5.08. The maximum atomic E-state index is 5.02. The summed E-state index contributed by atoms with van der Waals surface area (Å²) in [5.74, 6) is 0.738. The summed E-state index contributed by atoms with van der Waals surface area (Å²) in [6, 6.07) is 65.7. The Hall–Kier alpha value is -6.97. The fraction of sp³-hybridized carbons (Fsp3) is 0.0392. The molecule has 0 N–H and O–H groups in total. The molecular formula is C51H35N3. The van der Waals surface area contributed by atoms with Crippen molar-refractivity contribution >= 4 is 10.8 Å². The van der Waals surface area contributed by atoms with E-state index in [0.717, 1.165) is 33.9 Å². The highest BCUT2D eigenvalue weighted by Crippen LogP contribution is 2.58. The fourth-order valence-electron chi connectivity index (χ4n) is 8.65. The molecule has 3 nitrogen and oxygen atoms in total. The number of rotatable bonds is 6. The van der Waals surface area contributed by atoms with Crippen LogP contribution in [0.4, 0.5) is 0 Å². The average Bonchev–Trinajstić information content (AvgIpc) is 3.55. The molecule has 0 aliphatic heterocycles. The van der Waals surface area contributed by atoms with Gasteiger partial charge in [-0.25, -0.2) is 9.97 Å². The number of hydrogen-bond acceptors (Lipinski definition) is 3. The van der Waals surface area contributed by atoms with Crippen molar-refractivity contribution in [2.75, 3.05) is 0 Å². The van der Waals surface area contributed by atoms with E-state index in [1.165, 1.54) is 60.8 Å². The molecule has 0 bridgehead atoms. The third-order valence-corrected chi connectivity index (χ3v) is 11.0. The second-order valence-electron chi connectivity index (χ2n) is 14.0. The Balaban J connectivity index is 1.12. The minimum atomic E-state index is -0.547. The molecule has 9 aromatic rings. The molecule has 0 amide bonds. The zero-order valence-corrected chi connectivity index (χ0v) is 29.8. The quantitative estimate of drug-likeness (QED) is 0.174. The minimum absolute atomic E-state index is 0.547. The lowest BCUT2D eigenvalue weighted by Crippen LogP contribution is -2.28. The van der Waals surface area contributed by atoms with Gasteiger partial charge in [-0.2, -0.15) is 0 Å². The van der Waals surface area contributed by atoms with Gasteiger partial charge in [0.1, 0.15) is 5.82 Å². The van der Waals surface area contributed by atoms with Crippen molar-refractivity contribution in [2.45, 2.75) is 12.3 Å². The summed E-state index contributed by atoms with van der Waals surface area (Å²) in [6.45, 7) is 1.98. The van der Waals surface area contributed by atoms with E-state index in [0.29, 0.717) is 0 Å². The molecule has 3 heteroatoms. The number of hydrogen-bond donors (Lipinski definition) is 0. The van der Waals surface area contributed by atoms with E-state index in [1.807, 2.05) is 19.3 Å². The van der Waals surface area contributed by atoms with Crippen molar-refractivity contribution in [3.63, 3.8) is 0 Å². The highest BCUT2D eigenvalue weighted by Gasteiger charge is 2.46. The van der Waals surface area contributed by atoms with Crippen molar-refractivity contribution in [3.05, 3.63) is 222 Å². The molecule has 0 fully saturated rings. The van der Waals surface area contributed by atoms with Crippen molar-refractivity contribution in [1.29, 1.82) is 0 Å². The summed E-state index contributed by atoms with van der Waals surface area (Å²) in [6.07, 6.45) is 3.75. The Morgan fingerprint density at radius 2 is 1.00 bits per heavy atom. The van der Waals surface area contributed by atoms with Crippen molar-refractivity contribution in [3.8, 4) is 55.9 Å². The molecule has 2 aromatic heterocycles. The van der Waals surface area contributed by atoms with Gasteiger partial charge in [0.25, 0.3) is 0 Å². The number of pyridine rings is 1. The first-order chi connectivity index (χ1) is 26.7. The number of aryl methyl sites for hydroxylation is 1. The van der Waals surface area contributed by atoms with Gasteiger partial charge in [-0.3, -0.25) is 4.98 Å². The Morgan fingerprint density at radius 1 is 0.407 bits per heavy atom. The van der Waals surface area contributed by atoms with E-state index in [1.54, 1.807) is 0 Å². The first-order valence-electron chi connectivity index (χ1n) is 18.4. The van der Waals surface area contributed by atoms with Gasteiger partial charge in [-0.1, -0.05) is 158 Å². The van der Waals surface area contributed by atoms with Crippen LogP contribution < -0.4 is 0 Å². The molecule has 0 saturated carbocycles. The van der Waals surface area contributed by atoms with Gasteiger partial charge in [0.2, 0.25) is 0 Å². The fourth-order valence-corrected chi connectivity index (χ4v) is 8.65. The van der Waals surface area contributed by atoms with E-state index < -0.39 is 5.41 Å². The van der Waals surface area contributed by atoms with Crippen LogP contribution in [0.1, 0.15) is 28.1 Å². The number of fused-ring (bicyclic) bond motifs is 4. The van der Waals surface area contributed by atoms with E-state index in [4.69, 9.17) is 9.97 Å². The normalized spacial score (nSPS) is 14.5. The lowest BCUT2D eigenvalue weighted by Gasteiger charge is -2.34. The zero-order valence-electron chi connectivity index (χ0n) is 29.8. The maximum Gasteiger partial charge on any atom is 0.126 e. The van der Waals surface area contributed by atoms with Crippen LogP contribution in [-0.4, -0.2) is 15.0 Å². The van der Waals surface area contributed by atoms with E-state index in [2.05, 4.69) is 187 Å². The van der Waals surface area contributed by atoms with Crippen LogP contribution in [0.2, 0.25) is 0 Å². The molecule has 10 rings (SSSR count). The minimum Gasteiger partial charge on any atom is -0.265 e. The topological polar surface area (TPSA) is 38.7 Å². The lowest BCUT2D eigenvalue weighted by molar-refractivity contribution is 0.769. The highest BCUT2D eigenvalue weighted by molar-refractivity contribution is 5.97. The molecular weight excluding hydrogens is 655 g/mol. The largest absolute Gasteiger partial charge is 0.265 e. The highest BCUT2D eigenvalue weighted by atomic mass is 14.9. The van der Waals surface area contributed by atoms with Crippen LogP contribution in [0.3, 0.4) is 0 Å². The summed E-state index contributed by atoms with van der Waals surface area (Å²) in [5.41, 5.74) is 15.6. The van der Waals surface area contributed by atoms with Gasteiger partial charge in [0.15, 0.2) is 0 Å². The van der Waals surface area contributed by atoms with Crippen LogP contribution >= 0.6 is 0 Å². The zero-order chi connectivity index (χ0) is 36.1.